The van der Waals surface area contributed by atoms with E-state index in [0.29, 0.717) is 11.8 Å². The normalized spacial score (nSPS) is 22.6. The summed E-state index contributed by atoms with van der Waals surface area (Å²) in [7, 11) is 0. The predicted octanol–water partition coefficient (Wildman–Crippen LogP) is 4.98. The first-order valence-electron chi connectivity index (χ1n) is 7.90. The summed E-state index contributed by atoms with van der Waals surface area (Å²) >= 11 is 6.03. The number of hydrogen-bond donors (Lipinski definition) is 0. The molecule has 3 rings (SSSR count). The minimum atomic E-state index is 0.507. The van der Waals surface area contributed by atoms with Crippen molar-refractivity contribution in [2.45, 2.75) is 18.9 Å². The van der Waals surface area contributed by atoms with Crippen LogP contribution in [0.25, 0.3) is 0 Å². The van der Waals surface area contributed by atoms with Crippen molar-refractivity contribution in [2.24, 2.45) is 5.92 Å². The average molecular weight is 312 g/mol. The Balaban J connectivity index is 1.73. The summed E-state index contributed by atoms with van der Waals surface area (Å²) in [4.78, 5) is 2.55. The lowest BCUT2D eigenvalue weighted by atomic mass is 9.79. The number of hydrogen-bond acceptors (Lipinski definition) is 1. The van der Waals surface area contributed by atoms with E-state index in [0.717, 1.165) is 24.7 Å². The molecule has 0 aliphatic carbocycles. The molecule has 2 heteroatoms. The molecular formula is C20H22ClN. The molecule has 114 valence electrons. The third-order valence-electron chi connectivity index (χ3n) is 4.60. The Hall–Kier alpha value is -1.31. The monoisotopic (exact) mass is 311 g/mol. The largest absolute Gasteiger partial charge is 0.298 e. The third kappa shape index (κ3) is 3.71. The van der Waals surface area contributed by atoms with Crippen molar-refractivity contribution in [2.75, 3.05) is 13.1 Å². The van der Waals surface area contributed by atoms with Crippen molar-refractivity contribution in [3.05, 3.63) is 84.1 Å². The molecule has 1 fully saturated rings. The van der Waals surface area contributed by atoms with Gasteiger partial charge in [0.25, 0.3) is 0 Å². The van der Waals surface area contributed by atoms with Gasteiger partial charge < -0.3 is 0 Å². The van der Waals surface area contributed by atoms with Gasteiger partial charge >= 0.3 is 0 Å². The fraction of sp³-hybridized carbons (Fsp3) is 0.300. The Kier molecular flexibility index (Phi) is 5.17. The molecule has 0 saturated carbocycles. The van der Waals surface area contributed by atoms with Crippen LogP contribution in [0.3, 0.4) is 0 Å². The van der Waals surface area contributed by atoms with Crippen LogP contribution in [0.1, 0.15) is 23.5 Å². The molecular weight excluding hydrogens is 290 g/mol. The molecule has 0 spiro atoms. The summed E-state index contributed by atoms with van der Waals surface area (Å²) in [6.45, 7) is 7.28. The lowest BCUT2D eigenvalue weighted by Crippen LogP contribution is -2.38. The standard InChI is InChI=1S/C20H22ClN/c1-2-17-12-13-22(14-16-6-4-3-5-7-16)15-20(17)18-8-10-19(21)11-9-18/h2-11,17,20H,1,12-15H2. The van der Waals surface area contributed by atoms with Gasteiger partial charge in [-0.1, -0.05) is 54.1 Å². The zero-order chi connectivity index (χ0) is 15.4. The maximum atomic E-state index is 6.03. The van der Waals surface area contributed by atoms with E-state index in [-0.39, 0.29) is 0 Å². The van der Waals surface area contributed by atoms with Gasteiger partial charge in [-0.15, -0.1) is 0 Å². The van der Waals surface area contributed by atoms with Crippen LogP contribution in [-0.4, -0.2) is 18.0 Å². The number of benzene rings is 2. The van der Waals surface area contributed by atoms with E-state index in [9.17, 15) is 0 Å². The summed E-state index contributed by atoms with van der Waals surface area (Å²) in [5.74, 6) is 1.06. The summed E-state index contributed by atoms with van der Waals surface area (Å²) in [6, 6.07) is 19.0. The second kappa shape index (κ2) is 7.30. The van der Waals surface area contributed by atoms with Crippen molar-refractivity contribution >= 4 is 11.6 Å². The van der Waals surface area contributed by atoms with Gasteiger partial charge in [0.1, 0.15) is 0 Å². The minimum absolute atomic E-state index is 0.507. The van der Waals surface area contributed by atoms with E-state index in [2.05, 4.69) is 60.7 Å². The molecule has 1 nitrogen and oxygen atoms in total. The summed E-state index contributed by atoms with van der Waals surface area (Å²) in [6.07, 6.45) is 3.29. The Bertz CT molecular complexity index is 578. The Morgan fingerprint density at radius 1 is 1.09 bits per heavy atom. The maximum absolute atomic E-state index is 6.03. The molecule has 2 atom stereocenters. The van der Waals surface area contributed by atoms with Gasteiger partial charge in [-0.05, 0) is 61.4 Å². The van der Waals surface area contributed by atoms with Gasteiger partial charge in [0.15, 0.2) is 0 Å². The SMILES string of the molecule is [CH2][CH]C1CCN(Cc2ccccc2)CC1c1ccc(Cl)cc1. The highest BCUT2D eigenvalue weighted by Gasteiger charge is 2.29. The van der Waals surface area contributed by atoms with Gasteiger partial charge in [-0.25, -0.2) is 0 Å². The van der Waals surface area contributed by atoms with Crippen LogP contribution in [0.15, 0.2) is 54.6 Å². The van der Waals surface area contributed by atoms with E-state index in [1.807, 2.05) is 12.1 Å². The summed E-state index contributed by atoms with van der Waals surface area (Å²) in [5.41, 5.74) is 2.75. The molecule has 0 aromatic heterocycles. The average Bonchev–Trinajstić information content (AvgIpc) is 2.56. The molecule has 0 N–H and O–H groups in total. The van der Waals surface area contributed by atoms with Gasteiger partial charge in [0, 0.05) is 18.1 Å². The third-order valence-corrected chi connectivity index (χ3v) is 4.85. The zero-order valence-corrected chi connectivity index (χ0v) is 13.5. The van der Waals surface area contributed by atoms with Crippen molar-refractivity contribution in [3.8, 4) is 0 Å². The van der Waals surface area contributed by atoms with Gasteiger partial charge in [0.2, 0.25) is 0 Å². The zero-order valence-electron chi connectivity index (χ0n) is 12.8. The van der Waals surface area contributed by atoms with Crippen molar-refractivity contribution in [1.29, 1.82) is 0 Å². The highest BCUT2D eigenvalue weighted by atomic mass is 35.5. The molecule has 1 heterocycles. The first-order chi connectivity index (χ1) is 10.8. The maximum Gasteiger partial charge on any atom is 0.0406 e. The number of likely N-dealkylation sites (tertiary alicyclic amines) is 1. The van der Waals surface area contributed by atoms with Crippen LogP contribution in [0, 0.1) is 19.3 Å². The molecule has 2 unspecified atom stereocenters. The lowest BCUT2D eigenvalue weighted by molar-refractivity contribution is 0.167. The Labute approximate surface area is 138 Å². The lowest BCUT2D eigenvalue weighted by Gasteiger charge is -2.38. The Morgan fingerprint density at radius 3 is 2.50 bits per heavy atom. The van der Waals surface area contributed by atoms with Gasteiger partial charge in [-0.3, -0.25) is 4.90 Å². The highest BCUT2D eigenvalue weighted by Crippen LogP contribution is 2.35. The molecule has 2 aromatic rings. The van der Waals surface area contributed by atoms with Crippen LogP contribution in [0.5, 0.6) is 0 Å². The van der Waals surface area contributed by atoms with Gasteiger partial charge in [0.05, 0.1) is 0 Å². The summed E-state index contributed by atoms with van der Waals surface area (Å²) < 4.78 is 0. The fourth-order valence-electron chi connectivity index (χ4n) is 3.37. The highest BCUT2D eigenvalue weighted by molar-refractivity contribution is 6.30. The van der Waals surface area contributed by atoms with Crippen LogP contribution >= 0.6 is 11.6 Å². The second-order valence-electron chi connectivity index (χ2n) is 6.07. The predicted molar refractivity (Wildman–Crippen MR) is 93.7 cm³/mol. The van der Waals surface area contributed by atoms with E-state index in [1.54, 1.807) is 0 Å². The number of halogens is 1. The quantitative estimate of drug-likeness (QED) is 0.769. The molecule has 2 aromatic carbocycles. The van der Waals surface area contributed by atoms with Crippen LogP contribution in [0.2, 0.25) is 5.02 Å². The van der Waals surface area contributed by atoms with Crippen LogP contribution < -0.4 is 0 Å². The van der Waals surface area contributed by atoms with Crippen molar-refractivity contribution in [3.63, 3.8) is 0 Å². The second-order valence-corrected chi connectivity index (χ2v) is 6.50. The molecule has 0 amide bonds. The van der Waals surface area contributed by atoms with Crippen LogP contribution in [-0.2, 0) is 6.54 Å². The van der Waals surface area contributed by atoms with E-state index in [4.69, 9.17) is 11.6 Å². The first-order valence-corrected chi connectivity index (χ1v) is 8.28. The van der Waals surface area contributed by atoms with Crippen LogP contribution in [0.4, 0.5) is 0 Å². The van der Waals surface area contributed by atoms with Gasteiger partial charge in [-0.2, -0.15) is 0 Å². The van der Waals surface area contributed by atoms with E-state index in [1.165, 1.54) is 17.5 Å². The topological polar surface area (TPSA) is 3.24 Å². The summed E-state index contributed by atoms with van der Waals surface area (Å²) in [5, 5.41) is 0.802. The molecule has 1 aliphatic heterocycles. The molecule has 22 heavy (non-hydrogen) atoms. The molecule has 1 aliphatic rings. The minimum Gasteiger partial charge on any atom is -0.298 e. The molecule has 2 radical (unpaired) electrons. The van der Waals surface area contributed by atoms with Crippen molar-refractivity contribution in [1.82, 2.24) is 4.90 Å². The number of nitrogens with zero attached hydrogens (tertiary/aromatic N) is 1. The van der Waals surface area contributed by atoms with E-state index >= 15 is 0 Å². The first kappa shape index (κ1) is 15.6. The number of piperidine rings is 1. The smallest absolute Gasteiger partial charge is 0.0406 e. The van der Waals surface area contributed by atoms with E-state index < -0.39 is 0 Å². The molecule has 0 bridgehead atoms. The molecule has 1 saturated heterocycles. The number of rotatable bonds is 4. The fourth-order valence-corrected chi connectivity index (χ4v) is 3.49. The Morgan fingerprint density at radius 2 is 1.82 bits per heavy atom. The van der Waals surface area contributed by atoms with Crippen molar-refractivity contribution < 1.29 is 0 Å².